The second-order valence-electron chi connectivity index (χ2n) is 10.0. The zero-order valence-corrected chi connectivity index (χ0v) is 22.9. The SMILES string of the molecule is [C-]#[N+]C1=Nn2nc(C(C)(C)C)nc2C1=Nc1ccc(N(CC)CCOCCOC(=O)C(C)CC)cc1C. The summed E-state index contributed by atoms with van der Waals surface area (Å²) >= 11 is 0. The number of amidine groups is 1. The monoisotopic (exact) mass is 507 g/mol. The van der Waals surface area contributed by atoms with Crippen molar-refractivity contribution in [2.75, 3.05) is 37.8 Å². The first kappa shape index (κ1) is 28.0. The minimum Gasteiger partial charge on any atom is -0.463 e. The van der Waals surface area contributed by atoms with Crippen LogP contribution >= 0.6 is 0 Å². The normalized spacial score (nSPS) is 14.8. The van der Waals surface area contributed by atoms with E-state index in [1.54, 1.807) is 0 Å². The van der Waals surface area contributed by atoms with Crippen LogP contribution in [0.5, 0.6) is 0 Å². The number of hydrogen-bond donors (Lipinski definition) is 0. The van der Waals surface area contributed by atoms with Crippen molar-refractivity contribution in [2.45, 2.75) is 60.3 Å². The van der Waals surface area contributed by atoms with Crippen LogP contribution in [0.3, 0.4) is 0 Å². The summed E-state index contributed by atoms with van der Waals surface area (Å²) in [5.41, 5.74) is 2.97. The molecule has 0 saturated heterocycles. The molecule has 0 saturated carbocycles. The van der Waals surface area contributed by atoms with Gasteiger partial charge >= 0.3 is 11.8 Å². The zero-order chi connectivity index (χ0) is 27.2. The highest BCUT2D eigenvalue weighted by atomic mass is 16.6. The predicted molar refractivity (Wildman–Crippen MR) is 145 cm³/mol. The standard InChI is InChI=1S/C27H37N7O3/c1-9-18(3)25(35)37-16-15-36-14-13-33(10-2)20-11-12-21(19(4)17-20)29-22-23(28-8)31-34-24(22)30-26(32-34)27(5,6)7/h11-12,17-18H,9-10,13-16H2,1-7H3. The molecule has 1 unspecified atom stereocenters. The third-order valence-corrected chi connectivity index (χ3v) is 6.13. The van der Waals surface area contributed by atoms with Crippen LogP contribution in [-0.4, -0.2) is 65.3 Å². The van der Waals surface area contributed by atoms with Crippen LogP contribution in [0.4, 0.5) is 11.4 Å². The van der Waals surface area contributed by atoms with E-state index in [0.29, 0.717) is 37.1 Å². The second-order valence-corrected chi connectivity index (χ2v) is 10.0. The molecule has 1 aromatic heterocycles. The highest BCUT2D eigenvalue weighted by Gasteiger charge is 2.33. The van der Waals surface area contributed by atoms with E-state index in [-0.39, 0.29) is 29.7 Å². The molecule has 10 nitrogen and oxygen atoms in total. The Morgan fingerprint density at radius 2 is 2.00 bits per heavy atom. The fourth-order valence-corrected chi connectivity index (χ4v) is 3.59. The molecule has 37 heavy (non-hydrogen) atoms. The largest absolute Gasteiger partial charge is 0.463 e. The van der Waals surface area contributed by atoms with E-state index < -0.39 is 0 Å². The van der Waals surface area contributed by atoms with Crippen LogP contribution in [0.15, 0.2) is 28.3 Å². The van der Waals surface area contributed by atoms with Crippen LogP contribution in [0.25, 0.3) is 4.85 Å². The number of likely N-dealkylation sites (N-methyl/N-ethyl adjacent to an activating group) is 1. The highest BCUT2D eigenvalue weighted by Crippen LogP contribution is 2.27. The van der Waals surface area contributed by atoms with Gasteiger partial charge < -0.3 is 19.2 Å². The van der Waals surface area contributed by atoms with E-state index in [1.807, 2.05) is 53.7 Å². The Balaban J connectivity index is 1.65. The number of aryl methyl sites for hydroxylation is 1. The van der Waals surface area contributed by atoms with Crippen molar-refractivity contribution in [3.8, 4) is 0 Å². The summed E-state index contributed by atoms with van der Waals surface area (Å²) in [5.74, 6) is 1.06. The summed E-state index contributed by atoms with van der Waals surface area (Å²) in [5, 5.41) is 8.71. The maximum atomic E-state index is 11.7. The van der Waals surface area contributed by atoms with Crippen molar-refractivity contribution in [3.05, 3.63) is 46.8 Å². The first-order valence-corrected chi connectivity index (χ1v) is 12.7. The van der Waals surface area contributed by atoms with E-state index >= 15 is 0 Å². The number of nitrogens with zero attached hydrogens (tertiary/aromatic N) is 7. The highest BCUT2D eigenvalue weighted by molar-refractivity contribution is 6.51. The van der Waals surface area contributed by atoms with Gasteiger partial charge in [0.05, 0.1) is 24.8 Å². The van der Waals surface area contributed by atoms with E-state index in [1.165, 1.54) is 4.79 Å². The minimum absolute atomic E-state index is 0.0831. The lowest BCUT2D eigenvalue weighted by Gasteiger charge is -2.24. The molecule has 1 aliphatic heterocycles. The summed E-state index contributed by atoms with van der Waals surface area (Å²) in [6.45, 7) is 24.2. The first-order chi connectivity index (χ1) is 17.6. The number of esters is 1. The Morgan fingerprint density at radius 1 is 1.24 bits per heavy atom. The number of aromatic nitrogens is 3. The van der Waals surface area contributed by atoms with Crippen LogP contribution in [0.2, 0.25) is 0 Å². The maximum absolute atomic E-state index is 11.7. The number of hydrogen-bond acceptors (Lipinski definition) is 8. The van der Waals surface area contributed by atoms with Gasteiger partial charge in [0.2, 0.25) is 5.82 Å². The quantitative estimate of drug-likeness (QED) is 0.252. The Kier molecular flexibility index (Phi) is 9.16. The summed E-state index contributed by atoms with van der Waals surface area (Å²) in [7, 11) is 0. The topological polar surface area (TPSA) is 98.6 Å². The second kappa shape index (κ2) is 12.1. The van der Waals surface area contributed by atoms with Gasteiger partial charge in [-0.25, -0.2) is 4.98 Å². The van der Waals surface area contributed by atoms with Crippen LogP contribution in [0, 0.1) is 19.4 Å². The molecule has 0 spiro atoms. The summed E-state index contributed by atoms with van der Waals surface area (Å²) in [4.78, 5) is 28.3. The van der Waals surface area contributed by atoms with E-state index in [2.05, 4.69) is 37.9 Å². The van der Waals surface area contributed by atoms with Crippen molar-refractivity contribution in [2.24, 2.45) is 16.0 Å². The van der Waals surface area contributed by atoms with E-state index in [9.17, 15) is 4.79 Å². The van der Waals surface area contributed by atoms with Gasteiger partial charge in [0.25, 0.3) is 0 Å². The zero-order valence-electron chi connectivity index (χ0n) is 22.9. The molecule has 0 amide bonds. The van der Waals surface area contributed by atoms with Gasteiger partial charge in [-0.3, -0.25) is 9.79 Å². The lowest BCUT2D eigenvalue weighted by atomic mass is 9.96. The van der Waals surface area contributed by atoms with Crippen LogP contribution < -0.4 is 4.90 Å². The number of benzene rings is 1. The summed E-state index contributed by atoms with van der Waals surface area (Å²) in [6.07, 6.45) is 0.768. The van der Waals surface area contributed by atoms with Crippen LogP contribution in [-0.2, 0) is 19.7 Å². The lowest BCUT2D eigenvalue weighted by Crippen LogP contribution is -2.27. The van der Waals surface area contributed by atoms with Crippen molar-refractivity contribution in [1.82, 2.24) is 14.9 Å². The molecule has 0 fully saturated rings. The number of rotatable bonds is 11. The van der Waals surface area contributed by atoms with Crippen molar-refractivity contribution >= 4 is 28.9 Å². The molecule has 198 valence electrons. The predicted octanol–water partition coefficient (Wildman–Crippen LogP) is 4.53. The molecule has 2 aromatic rings. The Morgan fingerprint density at radius 3 is 2.62 bits per heavy atom. The van der Waals surface area contributed by atoms with E-state index in [4.69, 9.17) is 21.0 Å². The Bertz CT molecular complexity index is 1220. The molecule has 0 N–H and O–H groups in total. The fourth-order valence-electron chi connectivity index (χ4n) is 3.59. The molecular formula is C27H37N7O3. The molecule has 10 heteroatoms. The third-order valence-electron chi connectivity index (χ3n) is 6.13. The minimum atomic E-state index is -0.237. The van der Waals surface area contributed by atoms with Gasteiger partial charge in [-0.1, -0.05) is 46.0 Å². The van der Waals surface area contributed by atoms with Gasteiger partial charge in [-0.05, 0) is 44.0 Å². The lowest BCUT2D eigenvalue weighted by molar-refractivity contribution is -0.149. The smallest absolute Gasteiger partial charge is 0.325 e. The van der Waals surface area contributed by atoms with E-state index in [0.717, 1.165) is 29.9 Å². The number of anilines is 1. The molecule has 0 aliphatic carbocycles. The molecule has 0 bridgehead atoms. The maximum Gasteiger partial charge on any atom is 0.325 e. The molecule has 2 heterocycles. The molecule has 1 aliphatic rings. The number of aliphatic imine (C=N–C) groups is 1. The number of ether oxygens (including phenoxy) is 2. The first-order valence-electron chi connectivity index (χ1n) is 12.7. The van der Waals surface area contributed by atoms with Crippen molar-refractivity contribution < 1.29 is 14.3 Å². The average Bonchev–Trinajstić information content (AvgIpc) is 3.43. The Labute approximate surface area is 219 Å². The number of carbonyl (C=O) groups is 1. The summed E-state index contributed by atoms with van der Waals surface area (Å²) in [6, 6.07) is 6.03. The molecule has 1 aromatic carbocycles. The van der Waals surface area contributed by atoms with Gasteiger partial charge in [-0.15, -0.1) is 5.10 Å². The number of carbonyl (C=O) groups excluding carboxylic acids is 1. The Hall–Kier alpha value is -3.58. The van der Waals surface area contributed by atoms with Gasteiger partial charge in [0, 0.05) is 29.3 Å². The van der Waals surface area contributed by atoms with Crippen LogP contribution in [0.1, 0.15) is 65.2 Å². The van der Waals surface area contributed by atoms with Crippen molar-refractivity contribution in [3.63, 3.8) is 0 Å². The molecule has 3 rings (SSSR count). The van der Waals surface area contributed by atoms with Gasteiger partial charge in [-0.2, -0.15) is 0 Å². The average molecular weight is 508 g/mol. The molecular weight excluding hydrogens is 470 g/mol. The number of fused-ring (bicyclic) bond motifs is 1. The third kappa shape index (κ3) is 6.80. The van der Waals surface area contributed by atoms with Gasteiger partial charge in [0.15, 0.2) is 5.82 Å². The molecule has 1 atom stereocenters. The van der Waals surface area contributed by atoms with Crippen molar-refractivity contribution in [1.29, 1.82) is 0 Å². The summed E-state index contributed by atoms with van der Waals surface area (Å²) < 4.78 is 10.9. The van der Waals surface area contributed by atoms with Gasteiger partial charge in [0.1, 0.15) is 12.3 Å². The molecule has 0 radical (unpaired) electrons. The fraction of sp³-hybridized carbons (Fsp3) is 0.556.